The van der Waals surface area contributed by atoms with Crippen LogP contribution in [-0.2, 0) is 0 Å². The fourth-order valence-corrected chi connectivity index (χ4v) is 1.57. The van der Waals surface area contributed by atoms with Crippen LogP contribution < -0.4 is 14.8 Å². The molecule has 2 aromatic rings. The number of H-pyrrole nitrogens is 1. The number of anilines is 2. The number of aromatic nitrogens is 3. The van der Waals surface area contributed by atoms with Crippen molar-refractivity contribution in [2.24, 2.45) is 0 Å². The highest BCUT2D eigenvalue weighted by molar-refractivity contribution is 7.71. The Kier molecular flexibility index (Phi) is 3.73. The van der Waals surface area contributed by atoms with E-state index in [0.29, 0.717) is 22.1 Å². The molecular formula is C11H12N4O2S. The molecule has 1 aromatic carbocycles. The van der Waals surface area contributed by atoms with Gasteiger partial charge in [-0.1, -0.05) is 0 Å². The van der Waals surface area contributed by atoms with Crippen molar-refractivity contribution in [1.29, 1.82) is 0 Å². The van der Waals surface area contributed by atoms with Crippen LogP contribution in [0.5, 0.6) is 11.5 Å². The molecule has 1 heterocycles. The van der Waals surface area contributed by atoms with Gasteiger partial charge in [-0.05, 0) is 24.4 Å². The zero-order valence-electron chi connectivity index (χ0n) is 9.93. The molecule has 0 radical (unpaired) electrons. The number of hydrogen-bond donors (Lipinski definition) is 2. The zero-order chi connectivity index (χ0) is 13.0. The second-order valence-corrected chi connectivity index (χ2v) is 3.75. The lowest BCUT2D eigenvalue weighted by Gasteiger charge is -2.11. The van der Waals surface area contributed by atoms with Gasteiger partial charge in [-0.15, -0.1) is 0 Å². The van der Waals surface area contributed by atoms with Gasteiger partial charge in [-0.2, -0.15) is 10.1 Å². The fraction of sp³-hybridized carbons (Fsp3) is 0.182. The van der Waals surface area contributed by atoms with E-state index in [-0.39, 0.29) is 0 Å². The molecule has 0 unspecified atom stereocenters. The predicted octanol–water partition coefficient (Wildman–Crippen LogP) is 2.29. The van der Waals surface area contributed by atoms with E-state index in [1.165, 1.54) is 6.20 Å². The van der Waals surface area contributed by atoms with Crippen LogP contribution in [0.15, 0.2) is 24.4 Å². The van der Waals surface area contributed by atoms with Crippen LogP contribution >= 0.6 is 12.2 Å². The Hall–Kier alpha value is -2.15. The minimum Gasteiger partial charge on any atom is -0.497 e. The number of hydrogen-bond acceptors (Lipinski definition) is 6. The van der Waals surface area contributed by atoms with E-state index >= 15 is 0 Å². The molecule has 2 rings (SSSR count). The molecular weight excluding hydrogens is 252 g/mol. The maximum atomic E-state index is 5.25. The molecule has 1 aromatic heterocycles. The Morgan fingerprint density at radius 3 is 2.78 bits per heavy atom. The highest BCUT2D eigenvalue weighted by Gasteiger charge is 2.06. The molecule has 7 heteroatoms. The monoisotopic (exact) mass is 264 g/mol. The fourth-order valence-electron chi connectivity index (χ4n) is 1.42. The van der Waals surface area contributed by atoms with E-state index in [1.807, 2.05) is 6.07 Å². The van der Waals surface area contributed by atoms with Crippen LogP contribution in [0, 0.1) is 4.77 Å². The lowest BCUT2D eigenvalue weighted by atomic mass is 10.2. The lowest BCUT2D eigenvalue weighted by molar-refractivity contribution is 0.405. The molecule has 18 heavy (non-hydrogen) atoms. The van der Waals surface area contributed by atoms with Gasteiger partial charge in [0.1, 0.15) is 11.5 Å². The van der Waals surface area contributed by atoms with Crippen molar-refractivity contribution in [2.75, 3.05) is 19.5 Å². The summed E-state index contributed by atoms with van der Waals surface area (Å²) in [6.45, 7) is 0. The summed E-state index contributed by atoms with van der Waals surface area (Å²) in [6, 6.07) is 5.42. The quantitative estimate of drug-likeness (QED) is 0.826. The topological polar surface area (TPSA) is 72.1 Å². The molecule has 0 atom stereocenters. The van der Waals surface area contributed by atoms with E-state index in [4.69, 9.17) is 21.7 Å². The van der Waals surface area contributed by atoms with Crippen molar-refractivity contribution >= 4 is 23.7 Å². The largest absolute Gasteiger partial charge is 0.497 e. The Morgan fingerprint density at radius 2 is 2.11 bits per heavy atom. The Bertz CT molecular complexity index is 600. The Labute approximate surface area is 109 Å². The molecule has 2 N–H and O–H groups in total. The van der Waals surface area contributed by atoms with E-state index in [0.717, 1.165) is 5.69 Å². The van der Waals surface area contributed by atoms with Gasteiger partial charge in [0.2, 0.25) is 4.77 Å². The highest BCUT2D eigenvalue weighted by atomic mass is 32.1. The van der Waals surface area contributed by atoms with E-state index in [2.05, 4.69) is 20.5 Å². The van der Waals surface area contributed by atoms with Crippen LogP contribution in [0.3, 0.4) is 0 Å². The van der Waals surface area contributed by atoms with Crippen LogP contribution in [0.1, 0.15) is 0 Å². The smallest absolute Gasteiger partial charge is 0.215 e. The predicted molar refractivity (Wildman–Crippen MR) is 70.0 cm³/mol. The molecule has 0 amide bonds. The van der Waals surface area contributed by atoms with Gasteiger partial charge >= 0.3 is 0 Å². The molecule has 0 aliphatic carbocycles. The second-order valence-electron chi connectivity index (χ2n) is 3.36. The molecule has 94 valence electrons. The minimum atomic E-state index is 0.307. The van der Waals surface area contributed by atoms with Gasteiger partial charge in [0, 0.05) is 6.07 Å². The van der Waals surface area contributed by atoms with E-state index in [9.17, 15) is 0 Å². The summed E-state index contributed by atoms with van der Waals surface area (Å²) in [7, 11) is 3.19. The van der Waals surface area contributed by atoms with Gasteiger partial charge in [-0.3, -0.25) is 5.10 Å². The summed E-state index contributed by atoms with van der Waals surface area (Å²) < 4.78 is 10.7. The number of benzene rings is 1. The number of nitrogens with one attached hydrogen (secondary N) is 2. The van der Waals surface area contributed by atoms with Crippen LogP contribution in [0.2, 0.25) is 0 Å². The third kappa shape index (κ3) is 2.75. The van der Waals surface area contributed by atoms with Crippen molar-refractivity contribution in [3.63, 3.8) is 0 Å². The normalized spacial score (nSPS) is 9.89. The maximum absolute atomic E-state index is 5.25. The minimum absolute atomic E-state index is 0.307. The van der Waals surface area contributed by atoms with Crippen molar-refractivity contribution < 1.29 is 9.47 Å². The number of ether oxygens (including phenoxy) is 2. The van der Waals surface area contributed by atoms with Gasteiger partial charge in [0.25, 0.3) is 0 Å². The number of rotatable bonds is 4. The van der Waals surface area contributed by atoms with E-state index in [1.54, 1.807) is 26.4 Å². The van der Waals surface area contributed by atoms with Gasteiger partial charge in [-0.25, -0.2) is 0 Å². The maximum Gasteiger partial charge on any atom is 0.215 e. The molecule has 0 fully saturated rings. The number of methoxy groups -OCH3 is 2. The summed E-state index contributed by atoms with van der Waals surface area (Å²) in [4.78, 5) is 4.09. The average molecular weight is 264 g/mol. The van der Waals surface area contributed by atoms with Crippen molar-refractivity contribution in [1.82, 2.24) is 15.2 Å². The third-order valence-electron chi connectivity index (χ3n) is 2.24. The summed E-state index contributed by atoms with van der Waals surface area (Å²) in [5, 5.41) is 9.49. The standard InChI is InChI=1S/C11H12N4O2S/c1-16-7-3-4-9(17-2)8(5-7)13-10-6-12-15-11(18)14-10/h3-6H,1-2H3,(H2,13,14,15,18). The Morgan fingerprint density at radius 1 is 1.28 bits per heavy atom. The first-order valence-corrected chi connectivity index (χ1v) is 5.54. The van der Waals surface area contributed by atoms with Crippen LogP contribution in [-0.4, -0.2) is 29.4 Å². The summed E-state index contributed by atoms with van der Waals surface area (Å²) >= 11 is 4.90. The SMILES string of the molecule is COc1ccc(OC)c(Nc2cn[nH]c(=S)n2)c1. The van der Waals surface area contributed by atoms with Crippen LogP contribution in [0.4, 0.5) is 11.5 Å². The van der Waals surface area contributed by atoms with Gasteiger partial charge in [0.15, 0.2) is 5.82 Å². The molecule has 0 saturated carbocycles. The Balaban J connectivity index is 2.35. The van der Waals surface area contributed by atoms with Crippen molar-refractivity contribution in [2.45, 2.75) is 0 Å². The molecule has 0 bridgehead atoms. The molecule has 0 aliphatic rings. The summed E-state index contributed by atoms with van der Waals surface area (Å²) in [5.74, 6) is 1.93. The van der Waals surface area contributed by atoms with Crippen LogP contribution in [0.25, 0.3) is 0 Å². The lowest BCUT2D eigenvalue weighted by Crippen LogP contribution is -1.99. The van der Waals surface area contributed by atoms with Gasteiger partial charge < -0.3 is 14.8 Å². The molecule has 0 saturated heterocycles. The zero-order valence-corrected chi connectivity index (χ0v) is 10.7. The molecule has 6 nitrogen and oxygen atoms in total. The highest BCUT2D eigenvalue weighted by Crippen LogP contribution is 2.30. The summed E-state index contributed by atoms with van der Waals surface area (Å²) in [5.41, 5.74) is 0.728. The molecule has 0 spiro atoms. The van der Waals surface area contributed by atoms with Crippen molar-refractivity contribution in [3.05, 3.63) is 29.2 Å². The second kappa shape index (κ2) is 5.46. The first kappa shape index (κ1) is 12.3. The molecule has 0 aliphatic heterocycles. The van der Waals surface area contributed by atoms with Gasteiger partial charge in [0.05, 0.1) is 26.1 Å². The van der Waals surface area contributed by atoms with E-state index < -0.39 is 0 Å². The first-order chi connectivity index (χ1) is 8.72. The third-order valence-corrected chi connectivity index (χ3v) is 2.42. The summed E-state index contributed by atoms with van der Waals surface area (Å²) in [6.07, 6.45) is 1.54. The number of aromatic amines is 1. The van der Waals surface area contributed by atoms with Crippen molar-refractivity contribution in [3.8, 4) is 11.5 Å². The first-order valence-electron chi connectivity index (χ1n) is 5.13. The number of nitrogens with zero attached hydrogens (tertiary/aromatic N) is 2. The average Bonchev–Trinajstić information content (AvgIpc) is 2.38.